The van der Waals surface area contributed by atoms with Gasteiger partial charge >= 0.3 is 18.0 Å². The van der Waals surface area contributed by atoms with Gasteiger partial charge in [-0.15, -0.1) is 0 Å². The lowest BCUT2D eigenvalue weighted by atomic mass is 9.82. The molecule has 1 aliphatic carbocycles. The van der Waals surface area contributed by atoms with E-state index in [-0.39, 0.29) is 57.2 Å². The average molecular weight is 559 g/mol. The summed E-state index contributed by atoms with van der Waals surface area (Å²) in [4.78, 5) is 46.9. The van der Waals surface area contributed by atoms with Gasteiger partial charge in [0, 0.05) is 30.7 Å². The first-order chi connectivity index (χ1) is 19.0. The zero-order valence-electron chi connectivity index (χ0n) is 22.2. The lowest BCUT2D eigenvalue weighted by Gasteiger charge is -2.43. The number of carboxylic acids is 1. The molecule has 3 aromatic carbocycles. The second-order valence-electron chi connectivity index (χ2n) is 10.5. The SMILES string of the molecule is O=C(O)[C@@H]1CN(C(=O)N(c2ccccc2)c2ccccc2)CCN1C(=O)N1c2ccccc2C2CCCCC21.S. The van der Waals surface area contributed by atoms with Crippen molar-refractivity contribution in [2.45, 2.75) is 43.7 Å². The highest BCUT2D eigenvalue weighted by Crippen LogP contribution is 2.48. The molecule has 1 saturated carbocycles. The van der Waals surface area contributed by atoms with E-state index in [1.54, 1.807) is 9.80 Å². The second kappa shape index (κ2) is 11.6. The Bertz CT molecular complexity index is 1330. The van der Waals surface area contributed by atoms with Gasteiger partial charge in [0.05, 0.1) is 17.9 Å². The van der Waals surface area contributed by atoms with E-state index in [4.69, 9.17) is 0 Å². The monoisotopic (exact) mass is 558 g/mol. The van der Waals surface area contributed by atoms with E-state index in [2.05, 4.69) is 6.07 Å². The van der Waals surface area contributed by atoms with Crippen molar-refractivity contribution in [3.8, 4) is 0 Å². The van der Waals surface area contributed by atoms with Crippen LogP contribution >= 0.6 is 13.5 Å². The van der Waals surface area contributed by atoms with Crippen LogP contribution in [0.25, 0.3) is 0 Å². The molecular formula is C31H34N4O4S. The molecule has 6 rings (SSSR count). The molecule has 0 aromatic heterocycles. The summed E-state index contributed by atoms with van der Waals surface area (Å²) >= 11 is 0. The normalized spacial score (nSPS) is 21.6. The minimum atomic E-state index is -1.14. The van der Waals surface area contributed by atoms with Crippen molar-refractivity contribution in [2.75, 3.05) is 29.4 Å². The van der Waals surface area contributed by atoms with Gasteiger partial charge in [0.25, 0.3) is 0 Å². The molecule has 208 valence electrons. The summed E-state index contributed by atoms with van der Waals surface area (Å²) in [6, 6.07) is 24.9. The maximum absolute atomic E-state index is 14.1. The average Bonchev–Trinajstić information content (AvgIpc) is 3.32. The predicted molar refractivity (Wildman–Crippen MR) is 160 cm³/mol. The van der Waals surface area contributed by atoms with Crippen LogP contribution in [0.15, 0.2) is 84.9 Å². The molecule has 3 aromatic rings. The first-order valence-electron chi connectivity index (χ1n) is 13.7. The number of anilines is 3. The Labute approximate surface area is 241 Å². The summed E-state index contributed by atoms with van der Waals surface area (Å²) in [6.45, 7) is 0.308. The fraction of sp³-hybridized carbons (Fsp3) is 0.323. The number of para-hydroxylation sites is 3. The molecule has 2 heterocycles. The number of fused-ring (bicyclic) bond motifs is 3. The van der Waals surface area contributed by atoms with Gasteiger partial charge in [-0.3, -0.25) is 9.80 Å². The van der Waals surface area contributed by atoms with E-state index in [1.807, 2.05) is 83.8 Å². The number of hydrogen-bond acceptors (Lipinski definition) is 3. The molecule has 0 radical (unpaired) electrons. The molecule has 2 unspecified atom stereocenters. The number of nitrogens with zero attached hydrogens (tertiary/aromatic N) is 4. The van der Waals surface area contributed by atoms with Gasteiger partial charge < -0.3 is 14.9 Å². The Hall–Kier alpha value is -3.98. The number of benzene rings is 3. The third-order valence-electron chi connectivity index (χ3n) is 8.26. The van der Waals surface area contributed by atoms with Crippen LogP contribution in [0.1, 0.15) is 37.2 Å². The fourth-order valence-electron chi connectivity index (χ4n) is 6.43. The van der Waals surface area contributed by atoms with Crippen molar-refractivity contribution < 1.29 is 19.5 Å². The molecule has 1 N–H and O–H groups in total. The van der Waals surface area contributed by atoms with Gasteiger partial charge in [-0.05, 0) is 48.7 Å². The summed E-state index contributed by atoms with van der Waals surface area (Å²) in [7, 11) is 0. The van der Waals surface area contributed by atoms with Crippen LogP contribution in [0.5, 0.6) is 0 Å². The highest BCUT2D eigenvalue weighted by Gasteiger charge is 2.47. The first-order valence-corrected chi connectivity index (χ1v) is 13.7. The largest absolute Gasteiger partial charge is 0.480 e. The Balaban J connectivity index is 0.00000323. The van der Waals surface area contributed by atoms with E-state index >= 15 is 0 Å². The predicted octanol–water partition coefficient (Wildman–Crippen LogP) is 5.79. The van der Waals surface area contributed by atoms with Crippen molar-refractivity contribution in [2.24, 2.45) is 0 Å². The van der Waals surface area contributed by atoms with Crippen LogP contribution in [0.4, 0.5) is 26.7 Å². The number of rotatable bonds is 3. The van der Waals surface area contributed by atoms with Gasteiger partial charge in [0.1, 0.15) is 6.04 Å². The third kappa shape index (κ3) is 4.90. The highest BCUT2D eigenvalue weighted by atomic mass is 32.1. The quantitative estimate of drug-likeness (QED) is 0.441. The van der Waals surface area contributed by atoms with Gasteiger partial charge in [-0.1, -0.05) is 67.4 Å². The van der Waals surface area contributed by atoms with Crippen molar-refractivity contribution in [3.63, 3.8) is 0 Å². The Morgan fingerprint density at radius 3 is 2.02 bits per heavy atom. The molecule has 3 atom stereocenters. The molecule has 4 amide bonds. The van der Waals surface area contributed by atoms with E-state index < -0.39 is 12.0 Å². The Morgan fingerprint density at radius 2 is 1.38 bits per heavy atom. The van der Waals surface area contributed by atoms with Gasteiger partial charge in [-0.2, -0.15) is 13.5 Å². The molecule has 2 fully saturated rings. The number of carbonyl (C=O) groups excluding carboxylic acids is 2. The molecule has 0 bridgehead atoms. The maximum atomic E-state index is 14.1. The molecule has 9 heteroatoms. The lowest BCUT2D eigenvalue weighted by Crippen LogP contribution is -2.63. The number of carboxylic acid groups (broad SMARTS) is 1. The van der Waals surface area contributed by atoms with Crippen LogP contribution in [0.3, 0.4) is 0 Å². The molecule has 0 spiro atoms. The van der Waals surface area contributed by atoms with Crippen LogP contribution in [0.2, 0.25) is 0 Å². The van der Waals surface area contributed by atoms with Crippen molar-refractivity contribution in [1.82, 2.24) is 9.80 Å². The molecule has 8 nitrogen and oxygen atoms in total. The summed E-state index contributed by atoms with van der Waals surface area (Å²) in [5.74, 6) is -0.824. The van der Waals surface area contributed by atoms with Crippen molar-refractivity contribution in [1.29, 1.82) is 0 Å². The standard InChI is InChI=1S/C31H32N4O4.H2S/c36-29(37)28-21-32(30(38)34(22-11-3-1-4-12-22)23-13-5-2-6-14-23)19-20-33(28)31(39)35-26-17-9-7-15-24(26)25-16-8-10-18-27(25)35;/h1-7,9,11-15,17,25,27-28H,8,10,16,18-21H2,(H,36,37);1H2/t25?,27?,28-;/m0./s1. The number of hydrogen-bond donors (Lipinski definition) is 1. The van der Waals surface area contributed by atoms with E-state index in [0.29, 0.717) is 11.4 Å². The lowest BCUT2D eigenvalue weighted by molar-refractivity contribution is -0.143. The maximum Gasteiger partial charge on any atom is 0.329 e. The van der Waals surface area contributed by atoms with Crippen molar-refractivity contribution >= 4 is 48.6 Å². The summed E-state index contributed by atoms with van der Waals surface area (Å²) < 4.78 is 0. The number of carbonyl (C=O) groups is 3. The van der Waals surface area contributed by atoms with Gasteiger partial charge in [-0.25, -0.2) is 14.4 Å². The first kappa shape index (κ1) is 27.6. The summed E-state index contributed by atoms with van der Waals surface area (Å²) in [5, 5.41) is 10.2. The smallest absolute Gasteiger partial charge is 0.329 e. The number of urea groups is 2. The molecule has 40 heavy (non-hydrogen) atoms. The molecule has 3 aliphatic rings. The minimum Gasteiger partial charge on any atom is -0.480 e. The zero-order chi connectivity index (χ0) is 26.9. The number of aliphatic carboxylic acids is 1. The Morgan fingerprint density at radius 1 is 0.775 bits per heavy atom. The number of amides is 4. The van der Waals surface area contributed by atoms with Crippen LogP contribution < -0.4 is 9.80 Å². The van der Waals surface area contributed by atoms with Crippen LogP contribution in [-0.2, 0) is 4.79 Å². The molecular weight excluding hydrogens is 524 g/mol. The zero-order valence-corrected chi connectivity index (χ0v) is 23.2. The summed E-state index contributed by atoms with van der Waals surface area (Å²) in [5.41, 5.74) is 3.45. The molecule has 2 aliphatic heterocycles. The Kier molecular flexibility index (Phi) is 8.02. The van der Waals surface area contributed by atoms with Gasteiger partial charge in [0.15, 0.2) is 0 Å². The fourth-order valence-corrected chi connectivity index (χ4v) is 6.43. The number of piperazine rings is 1. The minimum absolute atomic E-state index is 0. The summed E-state index contributed by atoms with van der Waals surface area (Å²) in [6.07, 6.45) is 4.13. The van der Waals surface area contributed by atoms with Crippen LogP contribution in [0, 0.1) is 0 Å². The van der Waals surface area contributed by atoms with Crippen LogP contribution in [-0.4, -0.2) is 64.7 Å². The highest BCUT2D eigenvalue weighted by molar-refractivity contribution is 7.59. The van der Waals surface area contributed by atoms with E-state index in [0.717, 1.165) is 31.4 Å². The van der Waals surface area contributed by atoms with Gasteiger partial charge in [0.2, 0.25) is 0 Å². The molecule has 1 saturated heterocycles. The van der Waals surface area contributed by atoms with Crippen molar-refractivity contribution in [3.05, 3.63) is 90.5 Å². The topological polar surface area (TPSA) is 84.4 Å². The van der Waals surface area contributed by atoms with E-state index in [9.17, 15) is 19.5 Å². The van der Waals surface area contributed by atoms with E-state index in [1.165, 1.54) is 10.5 Å². The second-order valence-corrected chi connectivity index (χ2v) is 10.5. The third-order valence-corrected chi connectivity index (χ3v) is 8.26.